The molecule has 0 atom stereocenters. The van der Waals surface area contributed by atoms with Crippen molar-refractivity contribution >= 4 is 28.4 Å². The van der Waals surface area contributed by atoms with Crippen LogP contribution in [0.1, 0.15) is 12.5 Å². The van der Waals surface area contributed by atoms with E-state index in [2.05, 4.69) is 10.5 Å². The second-order valence-corrected chi connectivity index (χ2v) is 4.89. The molecule has 0 aliphatic carbocycles. The van der Waals surface area contributed by atoms with Gasteiger partial charge in [0, 0.05) is 0 Å². The molecule has 0 amide bonds. The Labute approximate surface area is 139 Å². The van der Waals surface area contributed by atoms with Gasteiger partial charge in [-0.2, -0.15) is 5.10 Å². The molecule has 2 aromatic carbocycles. The lowest BCUT2D eigenvalue weighted by molar-refractivity contribution is -0.134. The maximum Gasteiger partial charge on any atom is 0.370 e. The summed E-state index contributed by atoms with van der Waals surface area (Å²) in [6.07, 6.45) is 0. The zero-order valence-electron chi connectivity index (χ0n) is 12.7. The van der Waals surface area contributed by atoms with Crippen LogP contribution in [0.4, 0.5) is 5.69 Å². The lowest BCUT2D eigenvalue weighted by Gasteiger charge is -2.07. The molecule has 0 unspecified atom stereocenters. The molecule has 0 aromatic heterocycles. The average molecular weight is 333 g/mol. The number of carbonyl (C=O) groups excluding carboxylic acids is 1. The van der Waals surface area contributed by atoms with Crippen molar-refractivity contribution in [2.45, 2.75) is 13.5 Å². The van der Waals surface area contributed by atoms with Crippen LogP contribution in [0.25, 0.3) is 0 Å². The van der Waals surface area contributed by atoms with Crippen LogP contribution in [0.3, 0.4) is 0 Å². The molecule has 0 aliphatic rings. The highest BCUT2D eigenvalue weighted by atomic mass is 35.5. The van der Waals surface area contributed by atoms with Gasteiger partial charge in [-0.1, -0.05) is 41.9 Å². The molecule has 0 saturated carbocycles. The van der Waals surface area contributed by atoms with Crippen molar-refractivity contribution in [3.05, 3.63) is 60.2 Å². The fraction of sp³-hybridized carbons (Fsp3) is 0.176. The van der Waals surface area contributed by atoms with Crippen molar-refractivity contribution in [2.24, 2.45) is 5.10 Å². The van der Waals surface area contributed by atoms with Gasteiger partial charge in [0.25, 0.3) is 0 Å². The zero-order chi connectivity index (χ0) is 16.5. The highest BCUT2D eigenvalue weighted by molar-refractivity contribution is 6.82. The average Bonchev–Trinajstić information content (AvgIpc) is 2.60. The van der Waals surface area contributed by atoms with Crippen LogP contribution >= 0.6 is 11.6 Å². The number of nitrogens with one attached hydrogen (secondary N) is 1. The summed E-state index contributed by atoms with van der Waals surface area (Å²) in [7, 11) is 0. The molecule has 0 bridgehead atoms. The van der Waals surface area contributed by atoms with E-state index >= 15 is 0 Å². The van der Waals surface area contributed by atoms with Gasteiger partial charge in [0.2, 0.25) is 5.17 Å². The first kappa shape index (κ1) is 16.8. The van der Waals surface area contributed by atoms with Crippen LogP contribution in [0.2, 0.25) is 0 Å². The lowest BCUT2D eigenvalue weighted by Crippen LogP contribution is -2.13. The summed E-state index contributed by atoms with van der Waals surface area (Å²) in [5.41, 5.74) is 4.46. The number of benzene rings is 2. The summed E-state index contributed by atoms with van der Waals surface area (Å²) < 4.78 is 10.4. The first-order valence-electron chi connectivity index (χ1n) is 7.12. The molecule has 23 heavy (non-hydrogen) atoms. The summed E-state index contributed by atoms with van der Waals surface area (Å²) in [5.74, 6) is 0.0735. The fourth-order valence-electron chi connectivity index (χ4n) is 1.72. The zero-order valence-corrected chi connectivity index (χ0v) is 13.4. The van der Waals surface area contributed by atoms with Gasteiger partial charge < -0.3 is 9.47 Å². The van der Waals surface area contributed by atoms with Gasteiger partial charge in [-0.25, -0.2) is 4.79 Å². The van der Waals surface area contributed by atoms with Gasteiger partial charge in [-0.05, 0) is 36.8 Å². The van der Waals surface area contributed by atoms with Gasteiger partial charge in [0.05, 0.1) is 12.3 Å². The molecule has 0 spiro atoms. The fourth-order valence-corrected chi connectivity index (χ4v) is 1.81. The second kappa shape index (κ2) is 8.80. The number of hydrogen-bond acceptors (Lipinski definition) is 5. The van der Waals surface area contributed by atoms with Gasteiger partial charge >= 0.3 is 5.97 Å². The molecule has 0 saturated heterocycles. The Kier molecular flexibility index (Phi) is 6.44. The Morgan fingerprint density at radius 3 is 2.48 bits per heavy atom. The third kappa shape index (κ3) is 5.64. The summed E-state index contributed by atoms with van der Waals surface area (Å²) >= 11 is 5.70. The van der Waals surface area contributed by atoms with E-state index in [1.165, 1.54) is 0 Å². The molecule has 0 fully saturated rings. The summed E-state index contributed by atoms with van der Waals surface area (Å²) in [6, 6.07) is 17.1. The van der Waals surface area contributed by atoms with E-state index in [-0.39, 0.29) is 11.8 Å². The first-order valence-corrected chi connectivity index (χ1v) is 7.50. The second-order valence-electron chi connectivity index (χ2n) is 4.53. The Morgan fingerprint density at radius 1 is 1.13 bits per heavy atom. The molecule has 0 heterocycles. The largest absolute Gasteiger partial charge is 0.489 e. The van der Waals surface area contributed by atoms with Crippen LogP contribution in [-0.4, -0.2) is 17.7 Å². The number of halogens is 1. The smallest absolute Gasteiger partial charge is 0.370 e. The van der Waals surface area contributed by atoms with Crippen molar-refractivity contribution in [1.29, 1.82) is 0 Å². The maximum atomic E-state index is 11.3. The predicted molar refractivity (Wildman–Crippen MR) is 90.8 cm³/mol. The van der Waals surface area contributed by atoms with Crippen LogP contribution in [0, 0.1) is 0 Å². The number of rotatable bonds is 7. The topological polar surface area (TPSA) is 59.9 Å². The number of hydrogen-bond donors (Lipinski definition) is 1. The molecule has 2 rings (SSSR count). The van der Waals surface area contributed by atoms with Gasteiger partial charge in [-0.15, -0.1) is 0 Å². The highest BCUT2D eigenvalue weighted by Gasteiger charge is 2.08. The number of esters is 1. The molecule has 1 N–H and O–H groups in total. The van der Waals surface area contributed by atoms with Crippen LogP contribution < -0.4 is 10.2 Å². The maximum absolute atomic E-state index is 11.3. The van der Waals surface area contributed by atoms with Crippen LogP contribution in [0.15, 0.2) is 59.7 Å². The summed E-state index contributed by atoms with van der Waals surface area (Å²) in [5, 5.41) is 3.50. The third-order valence-corrected chi connectivity index (χ3v) is 3.07. The van der Waals surface area contributed by atoms with E-state index < -0.39 is 5.97 Å². The predicted octanol–water partition coefficient (Wildman–Crippen LogP) is 3.79. The van der Waals surface area contributed by atoms with Gasteiger partial charge in [0.15, 0.2) is 0 Å². The molecule has 2 aromatic rings. The van der Waals surface area contributed by atoms with E-state index in [1.54, 1.807) is 31.2 Å². The van der Waals surface area contributed by atoms with Gasteiger partial charge in [0.1, 0.15) is 12.4 Å². The standard InChI is InChI=1S/C17H17ClN2O3/c1-2-22-17(21)16(18)20-19-14-8-10-15(11-9-14)23-12-13-6-4-3-5-7-13/h3-11,19H,2,12H2,1H3/b20-16+. The first-order chi connectivity index (χ1) is 11.2. The summed E-state index contributed by atoms with van der Waals surface area (Å²) in [6.45, 7) is 2.45. The molecule has 6 heteroatoms. The molecule has 0 radical (unpaired) electrons. The van der Waals surface area contributed by atoms with Crippen LogP contribution in [-0.2, 0) is 16.1 Å². The Balaban J connectivity index is 1.87. The van der Waals surface area contributed by atoms with E-state index in [1.807, 2.05) is 30.3 Å². The van der Waals surface area contributed by atoms with Crippen molar-refractivity contribution in [2.75, 3.05) is 12.0 Å². The van der Waals surface area contributed by atoms with E-state index in [9.17, 15) is 4.79 Å². The van der Waals surface area contributed by atoms with Gasteiger partial charge in [-0.3, -0.25) is 5.43 Å². The Bertz CT molecular complexity index is 657. The minimum atomic E-state index is -0.663. The lowest BCUT2D eigenvalue weighted by atomic mass is 10.2. The number of anilines is 1. The summed E-state index contributed by atoms with van der Waals surface area (Å²) in [4.78, 5) is 11.3. The Morgan fingerprint density at radius 2 is 1.83 bits per heavy atom. The van der Waals surface area contributed by atoms with E-state index in [0.717, 1.165) is 11.3 Å². The minimum absolute atomic E-state index is 0.248. The number of nitrogens with zero attached hydrogens (tertiary/aromatic N) is 1. The van der Waals surface area contributed by atoms with Crippen LogP contribution in [0.5, 0.6) is 5.75 Å². The normalized spacial score (nSPS) is 11.0. The molecule has 120 valence electrons. The number of hydrazone groups is 1. The van der Waals surface area contributed by atoms with E-state index in [4.69, 9.17) is 21.1 Å². The molecular weight excluding hydrogens is 316 g/mol. The highest BCUT2D eigenvalue weighted by Crippen LogP contribution is 2.17. The quantitative estimate of drug-likeness (QED) is 0.476. The van der Waals surface area contributed by atoms with Crippen molar-refractivity contribution < 1.29 is 14.3 Å². The SMILES string of the molecule is CCOC(=O)/C(Cl)=N\Nc1ccc(OCc2ccccc2)cc1. The molecule has 5 nitrogen and oxygen atoms in total. The monoisotopic (exact) mass is 332 g/mol. The Hall–Kier alpha value is -2.53. The minimum Gasteiger partial charge on any atom is -0.489 e. The van der Waals surface area contributed by atoms with E-state index in [0.29, 0.717) is 12.3 Å². The molecular formula is C17H17ClN2O3. The number of carbonyl (C=O) groups is 1. The van der Waals surface area contributed by atoms with Crippen molar-refractivity contribution in [3.63, 3.8) is 0 Å². The number of ether oxygens (including phenoxy) is 2. The molecule has 0 aliphatic heterocycles. The van der Waals surface area contributed by atoms with Crippen molar-refractivity contribution in [1.82, 2.24) is 0 Å². The third-order valence-electron chi connectivity index (χ3n) is 2.83. The van der Waals surface area contributed by atoms with Crippen molar-refractivity contribution in [3.8, 4) is 5.75 Å².